The highest BCUT2D eigenvalue weighted by Gasteiger charge is 2.29. The zero-order valence-corrected chi connectivity index (χ0v) is 25.9. The Kier molecular flexibility index (Phi) is 10.0. The van der Waals surface area contributed by atoms with E-state index >= 15 is 0 Å². The summed E-state index contributed by atoms with van der Waals surface area (Å²) in [6.07, 6.45) is 1.23. The lowest BCUT2D eigenvalue weighted by Gasteiger charge is -2.32. The topological polar surface area (TPSA) is 122 Å². The lowest BCUT2D eigenvalue weighted by atomic mass is 10.1. The molecule has 1 aromatic heterocycles. The average Bonchev–Trinajstić information content (AvgIpc) is 3.22. The summed E-state index contributed by atoms with van der Waals surface area (Å²) in [7, 11) is -2.30. The SMILES string of the molecule is COC(=O)c1sc(-c2cccc(NC3CCN(S(=O)(=O)Cc4cc(Cl)cc(Cl)c4)CC3)c2)c(Br)c1OCC(=O)O. The second kappa shape index (κ2) is 13.1. The zero-order chi connectivity index (χ0) is 29.0. The van der Waals surface area contributed by atoms with Crippen LogP contribution in [-0.2, 0) is 25.3 Å². The number of carbonyl (C=O) groups excluding carboxylic acids is 1. The number of benzene rings is 2. The highest BCUT2D eigenvalue weighted by Crippen LogP contribution is 2.46. The van der Waals surface area contributed by atoms with Gasteiger partial charge in [0.25, 0.3) is 0 Å². The van der Waals surface area contributed by atoms with Crippen molar-refractivity contribution in [3.05, 3.63) is 67.4 Å². The van der Waals surface area contributed by atoms with Crippen LogP contribution in [0.4, 0.5) is 5.69 Å². The van der Waals surface area contributed by atoms with Gasteiger partial charge in [-0.1, -0.05) is 35.3 Å². The third kappa shape index (κ3) is 7.48. The van der Waals surface area contributed by atoms with Gasteiger partial charge in [0.2, 0.25) is 10.0 Å². The number of aliphatic carboxylic acids is 1. The van der Waals surface area contributed by atoms with Crippen molar-refractivity contribution in [2.75, 3.05) is 32.1 Å². The van der Waals surface area contributed by atoms with Crippen LogP contribution >= 0.6 is 50.5 Å². The first-order chi connectivity index (χ1) is 19.0. The van der Waals surface area contributed by atoms with Gasteiger partial charge in [-0.3, -0.25) is 0 Å². The van der Waals surface area contributed by atoms with Crippen molar-refractivity contribution in [1.29, 1.82) is 0 Å². The summed E-state index contributed by atoms with van der Waals surface area (Å²) in [5.41, 5.74) is 2.14. The number of halogens is 3. The second-order valence-corrected chi connectivity index (χ2v) is 13.7. The number of nitrogens with zero attached hydrogens (tertiary/aromatic N) is 1. The molecule has 1 fully saturated rings. The number of ether oxygens (including phenoxy) is 2. The minimum Gasteiger partial charge on any atom is -0.479 e. The molecule has 2 aromatic carbocycles. The Morgan fingerprint density at radius 3 is 2.45 bits per heavy atom. The summed E-state index contributed by atoms with van der Waals surface area (Å²) < 4.78 is 38.2. The van der Waals surface area contributed by atoms with Gasteiger partial charge in [-0.25, -0.2) is 22.3 Å². The molecule has 4 rings (SSSR count). The smallest absolute Gasteiger partial charge is 0.351 e. The monoisotopic (exact) mass is 690 g/mol. The summed E-state index contributed by atoms with van der Waals surface area (Å²) in [6.45, 7) is 0.135. The quantitative estimate of drug-likeness (QED) is 0.243. The first-order valence-corrected chi connectivity index (χ1v) is 16.0. The lowest BCUT2D eigenvalue weighted by Crippen LogP contribution is -2.42. The third-order valence-corrected chi connectivity index (χ3v) is 10.6. The largest absolute Gasteiger partial charge is 0.479 e. The number of methoxy groups -OCH3 is 1. The Balaban J connectivity index is 1.44. The number of carbonyl (C=O) groups is 2. The molecule has 0 radical (unpaired) electrons. The molecule has 1 saturated heterocycles. The van der Waals surface area contributed by atoms with Crippen molar-refractivity contribution in [2.24, 2.45) is 0 Å². The van der Waals surface area contributed by atoms with Crippen LogP contribution in [0.5, 0.6) is 5.75 Å². The standard InChI is InChI=1S/C26H25BrCl2N2O7S2/c1-37-26(34)25-23(38-13-21(32)33)22(27)24(39-25)16-3-2-4-20(11-16)30-19-5-7-31(8-6-19)40(35,36)14-15-9-17(28)12-18(29)10-15/h2-4,9-12,19,30H,5-8,13-14H2,1H3,(H,32,33). The lowest BCUT2D eigenvalue weighted by molar-refractivity contribution is -0.139. The van der Waals surface area contributed by atoms with Crippen molar-refractivity contribution in [3.63, 3.8) is 0 Å². The predicted molar refractivity (Wildman–Crippen MR) is 159 cm³/mol. The van der Waals surface area contributed by atoms with E-state index < -0.39 is 28.6 Å². The fraction of sp³-hybridized carbons (Fsp3) is 0.308. The number of hydrogen-bond donors (Lipinski definition) is 2. The molecule has 0 spiro atoms. The minimum absolute atomic E-state index is 0.0502. The summed E-state index contributed by atoms with van der Waals surface area (Å²) in [5, 5.41) is 13.3. The molecule has 9 nitrogen and oxygen atoms in total. The van der Waals surface area contributed by atoms with Gasteiger partial charge >= 0.3 is 11.9 Å². The Hall–Kier alpha value is -2.35. The van der Waals surface area contributed by atoms with E-state index in [0.717, 1.165) is 22.6 Å². The Bertz CT molecular complexity index is 1500. The summed E-state index contributed by atoms with van der Waals surface area (Å²) in [5.74, 6) is -1.86. The summed E-state index contributed by atoms with van der Waals surface area (Å²) >= 11 is 16.6. The molecule has 3 aromatic rings. The van der Waals surface area contributed by atoms with Gasteiger partial charge in [0.15, 0.2) is 17.2 Å². The van der Waals surface area contributed by atoms with Gasteiger partial charge in [0, 0.05) is 34.9 Å². The molecule has 0 bridgehead atoms. The summed E-state index contributed by atoms with van der Waals surface area (Å²) in [4.78, 5) is 24.1. The number of sulfonamides is 1. The average molecular weight is 692 g/mol. The van der Waals surface area contributed by atoms with E-state index in [0.29, 0.717) is 50.9 Å². The van der Waals surface area contributed by atoms with Crippen molar-refractivity contribution in [2.45, 2.75) is 24.6 Å². The minimum atomic E-state index is -3.54. The fourth-order valence-corrected chi connectivity index (χ4v) is 8.41. The molecule has 1 aliphatic rings. The van der Waals surface area contributed by atoms with Crippen molar-refractivity contribution < 1.29 is 32.6 Å². The van der Waals surface area contributed by atoms with Crippen LogP contribution in [0.15, 0.2) is 46.9 Å². The number of esters is 1. The molecule has 1 aliphatic heterocycles. The normalized spacial score (nSPS) is 14.6. The Morgan fingerprint density at radius 1 is 1.15 bits per heavy atom. The Labute approximate surface area is 254 Å². The molecule has 0 atom stereocenters. The number of carboxylic acid groups (broad SMARTS) is 1. The number of hydrogen-bond acceptors (Lipinski definition) is 8. The van der Waals surface area contributed by atoms with Crippen LogP contribution in [0.25, 0.3) is 10.4 Å². The molecule has 0 amide bonds. The van der Waals surface area contributed by atoms with E-state index in [1.165, 1.54) is 11.4 Å². The van der Waals surface area contributed by atoms with Crippen molar-refractivity contribution in [3.8, 4) is 16.2 Å². The molecule has 214 valence electrons. The number of carboxylic acids is 1. The zero-order valence-electron chi connectivity index (χ0n) is 21.2. The molecule has 0 saturated carbocycles. The van der Waals surface area contributed by atoms with Gasteiger partial charge in [-0.2, -0.15) is 0 Å². The molecule has 14 heteroatoms. The van der Waals surface area contributed by atoms with Crippen molar-refractivity contribution in [1.82, 2.24) is 4.31 Å². The van der Waals surface area contributed by atoms with Gasteiger partial charge < -0.3 is 19.9 Å². The first-order valence-electron chi connectivity index (χ1n) is 12.0. The maximum absolute atomic E-state index is 13.0. The molecule has 40 heavy (non-hydrogen) atoms. The van der Waals surface area contributed by atoms with Crippen molar-refractivity contribution >= 4 is 78.1 Å². The van der Waals surface area contributed by atoms with Crippen LogP contribution in [0.2, 0.25) is 10.0 Å². The maximum Gasteiger partial charge on any atom is 0.351 e. The Morgan fingerprint density at radius 2 is 1.82 bits per heavy atom. The van der Waals surface area contributed by atoms with Crippen LogP contribution < -0.4 is 10.1 Å². The molecule has 0 unspecified atom stereocenters. The number of nitrogens with one attached hydrogen (secondary N) is 1. The van der Waals surface area contributed by atoms with Crippen LogP contribution in [0, 0.1) is 0 Å². The third-order valence-electron chi connectivity index (χ3n) is 6.13. The van der Waals surface area contributed by atoms with E-state index in [2.05, 4.69) is 21.2 Å². The van der Waals surface area contributed by atoms with E-state index in [4.69, 9.17) is 37.8 Å². The number of thiophene rings is 1. The van der Waals surface area contributed by atoms with Gasteiger partial charge in [-0.05, 0) is 70.2 Å². The molecule has 0 aliphatic carbocycles. The number of anilines is 1. The molecular formula is C26H25BrCl2N2O7S2. The first kappa shape index (κ1) is 30.6. The fourth-order valence-electron chi connectivity index (χ4n) is 4.33. The highest BCUT2D eigenvalue weighted by molar-refractivity contribution is 9.10. The molecular weight excluding hydrogens is 667 g/mol. The van der Waals surface area contributed by atoms with Crippen LogP contribution in [0.1, 0.15) is 28.1 Å². The van der Waals surface area contributed by atoms with Crippen LogP contribution in [0.3, 0.4) is 0 Å². The molecule has 2 N–H and O–H groups in total. The number of piperidine rings is 1. The number of rotatable bonds is 10. The van der Waals surface area contributed by atoms with E-state index in [-0.39, 0.29) is 22.4 Å². The van der Waals surface area contributed by atoms with Gasteiger partial charge in [0.1, 0.15) is 0 Å². The van der Waals surface area contributed by atoms with E-state index in [9.17, 15) is 18.0 Å². The predicted octanol–water partition coefficient (Wildman–Crippen LogP) is 6.14. The second-order valence-electron chi connectivity index (χ2n) is 9.01. The molecule has 2 heterocycles. The van der Waals surface area contributed by atoms with Crippen LogP contribution in [-0.4, -0.2) is 62.6 Å². The maximum atomic E-state index is 13.0. The van der Waals surface area contributed by atoms with E-state index in [1.54, 1.807) is 18.2 Å². The summed E-state index contributed by atoms with van der Waals surface area (Å²) in [6, 6.07) is 12.4. The highest BCUT2D eigenvalue weighted by atomic mass is 79.9. The van der Waals surface area contributed by atoms with Gasteiger partial charge in [0.05, 0.1) is 22.2 Å². The van der Waals surface area contributed by atoms with Gasteiger partial charge in [-0.15, -0.1) is 11.3 Å². The van der Waals surface area contributed by atoms with E-state index in [1.807, 2.05) is 24.3 Å².